The van der Waals surface area contributed by atoms with Crippen molar-refractivity contribution < 1.29 is 64.4 Å². The number of aromatic amines is 1. The first-order valence-corrected chi connectivity index (χ1v) is 11.3. The van der Waals surface area contributed by atoms with E-state index < -0.39 is 15.9 Å². The SMILES string of the molecule is O=c1c2ccccc2[nH]c2cc3c(=O)c4ccccc4n(CCCS(=O)(=O)[O-])c3cc12.[K+]. The van der Waals surface area contributed by atoms with E-state index in [9.17, 15) is 22.6 Å². The van der Waals surface area contributed by atoms with E-state index in [1.165, 1.54) is 0 Å². The number of pyridine rings is 2. The number of hydrogen-bond acceptors (Lipinski definition) is 5. The maximum Gasteiger partial charge on any atom is 1.00 e. The number of aromatic nitrogens is 2. The molecule has 0 aliphatic rings. The zero-order valence-corrected chi connectivity index (χ0v) is 21.2. The minimum Gasteiger partial charge on any atom is -0.748 e. The first-order valence-electron chi connectivity index (χ1n) is 9.77. The van der Waals surface area contributed by atoms with Crippen LogP contribution in [0.4, 0.5) is 0 Å². The molecule has 2 aromatic heterocycles. The van der Waals surface area contributed by atoms with E-state index in [1.54, 1.807) is 48.5 Å². The molecule has 0 aliphatic heterocycles. The van der Waals surface area contributed by atoms with E-state index in [1.807, 2.05) is 16.7 Å². The molecule has 0 atom stereocenters. The van der Waals surface area contributed by atoms with Gasteiger partial charge in [-0.3, -0.25) is 9.59 Å². The van der Waals surface area contributed by atoms with Crippen LogP contribution in [0.2, 0.25) is 0 Å². The van der Waals surface area contributed by atoms with Crippen molar-refractivity contribution in [2.24, 2.45) is 0 Å². The third kappa shape index (κ3) is 4.10. The van der Waals surface area contributed by atoms with Crippen molar-refractivity contribution in [3.8, 4) is 0 Å². The van der Waals surface area contributed by atoms with Gasteiger partial charge in [0.05, 0.1) is 26.7 Å². The van der Waals surface area contributed by atoms with Gasteiger partial charge in [-0.25, -0.2) is 8.42 Å². The molecule has 9 heteroatoms. The second-order valence-electron chi connectivity index (χ2n) is 7.53. The van der Waals surface area contributed by atoms with Gasteiger partial charge in [0.1, 0.15) is 0 Å². The first kappa shape index (κ1) is 23.3. The zero-order valence-electron chi connectivity index (χ0n) is 17.3. The molecule has 0 bridgehead atoms. The Morgan fingerprint density at radius 2 is 1.44 bits per heavy atom. The Bertz CT molecular complexity index is 1740. The molecule has 32 heavy (non-hydrogen) atoms. The number of rotatable bonds is 4. The summed E-state index contributed by atoms with van der Waals surface area (Å²) in [5, 5.41) is 1.89. The van der Waals surface area contributed by atoms with Crippen LogP contribution in [0.25, 0.3) is 43.6 Å². The number of para-hydroxylation sites is 2. The Balaban J connectivity index is 0.00000245. The number of H-pyrrole nitrogens is 1. The number of fused-ring (bicyclic) bond motifs is 4. The molecule has 0 amide bonds. The van der Waals surface area contributed by atoms with Gasteiger partial charge in [0.15, 0.2) is 10.9 Å². The number of hydrogen-bond donors (Lipinski definition) is 1. The van der Waals surface area contributed by atoms with Crippen LogP contribution in [-0.2, 0) is 16.7 Å². The second-order valence-corrected chi connectivity index (χ2v) is 9.05. The van der Waals surface area contributed by atoms with Gasteiger partial charge < -0.3 is 14.1 Å². The summed E-state index contributed by atoms with van der Waals surface area (Å²) in [7, 11) is -4.35. The van der Waals surface area contributed by atoms with Crippen LogP contribution < -0.4 is 62.2 Å². The van der Waals surface area contributed by atoms with Gasteiger partial charge in [0.25, 0.3) is 0 Å². The van der Waals surface area contributed by atoms with E-state index in [2.05, 4.69) is 4.98 Å². The fourth-order valence-electron chi connectivity index (χ4n) is 4.18. The van der Waals surface area contributed by atoms with Crippen LogP contribution in [0.15, 0.2) is 70.3 Å². The Hall–Kier alpha value is -1.85. The van der Waals surface area contributed by atoms with E-state index in [-0.39, 0.29) is 75.2 Å². The molecular weight excluding hydrogens is 455 g/mol. The third-order valence-corrected chi connectivity index (χ3v) is 6.36. The van der Waals surface area contributed by atoms with Crippen LogP contribution in [-0.4, -0.2) is 28.3 Å². The molecule has 0 unspecified atom stereocenters. The number of benzene rings is 3. The van der Waals surface area contributed by atoms with Crippen molar-refractivity contribution in [1.29, 1.82) is 0 Å². The van der Waals surface area contributed by atoms with Crippen LogP contribution in [0.1, 0.15) is 6.42 Å². The molecular formula is C23H17KN2O5S. The summed E-state index contributed by atoms with van der Waals surface area (Å²) in [5.74, 6) is -0.506. The van der Waals surface area contributed by atoms with Gasteiger partial charge in [0, 0.05) is 39.4 Å². The molecule has 7 nitrogen and oxygen atoms in total. The summed E-state index contributed by atoms with van der Waals surface area (Å²) in [4.78, 5) is 29.6. The fourth-order valence-corrected chi connectivity index (χ4v) is 4.66. The molecule has 2 heterocycles. The average Bonchev–Trinajstić information content (AvgIpc) is 2.75. The van der Waals surface area contributed by atoms with Crippen molar-refractivity contribution >= 4 is 53.7 Å². The Labute approximate surface area is 225 Å². The van der Waals surface area contributed by atoms with Crippen molar-refractivity contribution in [3.63, 3.8) is 0 Å². The Kier molecular flexibility index (Phi) is 6.43. The second kappa shape index (κ2) is 8.83. The maximum atomic E-state index is 13.2. The van der Waals surface area contributed by atoms with E-state index in [0.717, 1.165) is 0 Å². The molecule has 156 valence electrons. The van der Waals surface area contributed by atoms with Gasteiger partial charge in [-0.05, 0) is 42.8 Å². The summed E-state index contributed by atoms with van der Waals surface area (Å²) in [6.45, 7) is 0.218. The molecule has 0 saturated carbocycles. The summed E-state index contributed by atoms with van der Waals surface area (Å²) in [5.41, 5.74) is 2.06. The molecule has 0 radical (unpaired) electrons. The van der Waals surface area contributed by atoms with Gasteiger partial charge in [-0.15, -0.1) is 0 Å². The predicted octanol–water partition coefficient (Wildman–Crippen LogP) is 0.0887. The molecule has 5 rings (SSSR count). The number of aryl methyl sites for hydroxylation is 1. The molecule has 0 saturated heterocycles. The molecule has 0 spiro atoms. The molecule has 0 fully saturated rings. The largest absolute Gasteiger partial charge is 1.00 e. The Morgan fingerprint density at radius 3 is 2.19 bits per heavy atom. The van der Waals surface area contributed by atoms with Crippen molar-refractivity contribution in [2.45, 2.75) is 13.0 Å². The zero-order chi connectivity index (χ0) is 21.8. The minimum atomic E-state index is -4.35. The monoisotopic (exact) mass is 472 g/mol. The smallest absolute Gasteiger partial charge is 0.748 e. The first-order chi connectivity index (χ1) is 14.8. The van der Waals surface area contributed by atoms with E-state index >= 15 is 0 Å². The van der Waals surface area contributed by atoms with Gasteiger partial charge >= 0.3 is 51.4 Å². The maximum absolute atomic E-state index is 13.2. The molecule has 3 aromatic carbocycles. The normalized spacial score (nSPS) is 11.9. The summed E-state index contributed by atoms with van der Waals surface area (Å²) >= 11 is 0. The van der Waals surface area contributed by atoms with E-state index in [4.69, 9.17) is 0 Å². The van der Waals surface area contributed by atoms with Crippen LogP contribution >= 0.6 is 0 Å². The fraction of sp³-hybridized carbons (Fsp3) is 0.130. The van der Waals surface area contributed by atoms with Crippen molar-refractivity contribution in [2.75, 3.05) is 5.75 Å². The topological polar surface area (TPSA) is 112 Å². The van der Waals surface area contributed by atoms with Crippen molar-refractivity contribution in [1.82, 2.24) is 9.55 Å². The van der Waals surface area contributed by atoms with Gasteiger partial charge in [-0.2, -0.15) is 0 Å². The van der Waals surface area contributed by atoms with Crippen LogP contribution in [0, 0.1) is 0 Å². The van der Waals surface area contributed by atoms with E-state index in [0.29, 0.717) is 43.6 Å². The predicted molar refractivity (Wildman–Crippen MR) is 121 cm³/mol. The third-order valence-electron chi connectivity index (χ3n) is 5.57. The van der Waals surface area contributed by atoms with Gasteiger partial charge in [-0.1, -0.05) is 24.3 Å². The standard InChI is InChI=1S/C23H18N2O5S.K/c26-22-14-6-1-3-8-18(14)24-19-12-17-21(13-16(19)22)25(10-5-11-31(28,29)30)20-9-4-2-7-15(20)23(17)27;/h1-4,6-9,12-13H,5,10-11H2,(H,24,26)(H,28,29,30);/q;+1/p-1. The Morgan fingerprint density at radius 1 is 0.781 bits per heavy atom. The summed E-state index contributed by atoms with van der Waals surface area (Å²) < 4.78 is 35.1. The van der Waals surface area contributed by atoms with Gasteiger partial charge in [0.2, 0.25) is 0 Å². The summed E-state index contributed by atoms with van der Waals surface area (Å²) in [6, 6.07) is 17.6. The number of nitrogens with one attached hydrogen (secondary N) is 1. The quantitative estimate of drug-likeness (QED) is 0.226. The van der Waals surface area contributed by atoms with Crippen molar-refractivity contribution in [3.05, 3.63) is 81.1 Å². The molecule has 1 N–H and O–H groups in total. The molecule has 0 aliphatic carbocycles. The minimum absolute atomic E-state index is 0. The average molecular weight is 473 g/mol. The molecule has 5 aromatic rings. The number of nitrogens with zero attached hydrogens (tertiary/aromatic N) is 1. The summed E-state index contributed by atoms with van der Waals surface area (Å²) in [6.07, 6.45) is 0.0971. The van der Waals surface area contributed by atoms with Crippen LogP contribution in [0.5, 0.6) is 0 Å². The van der Waals surface area contributed by atoms with Crippen LogP contribution in [0.3, 0.4) is 0 Å².